The zero-order chi connectivity index (χ0) is 18.0. The highest BCUT2D eigenvalue weighted by Crippen LogP contribution is 2.27. The Bertz CT molecular complexity index is 870. The van der Waals surface area contributed by atoms with Crippen LogP contribution in [0.3, 0.4) is 0 Å². The summed E-state index contributed by atoms with van der Waals surface area (Å²) >= 11 is 5.81. The smallest absolute Gasteiger partial charge is 0.243 e. The molecule has 1 aliphatic heterocycles. The molecule has 1 saturated heterocycles. The molecule has 0 bridgehead atoms. The molecule has 0 unspecified atom stereocenters. The molecule has 1 heterocycles. The van der Waals surface area contributed by atoms with Crippen molar-refractivity contribution in [2.75, 3.05) is 11.9 Å². The van der Waals surface area contributed by atoms with Crippen molar-refractivity contribution < 1.29 is 17.6 Å². The van der Waals surface area contributed by atoms with Crippen molar-refractivity contribution >= 4 is 33.2 Å². The van der Waals surface area contributed by atoms with Gasteiger partial charge in [-0.05, 0) is 61.4 Å². The molecular formula is C17H16ClFN2O3S. The van der Waals surface area contributed by atoms with Crippen LogP contribution in [0.4, 0.5) is 10.1 Å². The quantitative estimate of drug-likeness (QED) is 0.882. The highest BCUT2D eigenvalue weighted by atomic mass is 35.5. The molecule has 132 valence electrons. The lowest BCUT2D eigenvalue weighted by Gasteiger charge is -2.23. The van der Waals surface area contributed by atoms with Crippen molar-refractivity contribution in [3.8, 4) is 0 Å². The molecule has 1 atom stereocenters. The molecule has 2 aromatic rings. The van der Waals surface area contributed by atoms with E-state index in [9.17, 15) is 17.6 Å². The molecule has 1 aliphatic rings. The molecule has 1 N–H and O–H groups in total. The summed E-state index contributed by atoms with van der Waals surface area (Å²) in [6, 6.07) is 10.4. The van der Waals surface area contributed by atoms with Gasteiger partial charge in [-0.3, -0.25) is 4.79 Å². The normalized spacial score (nSPS) is 18.2. The molecule has 0 aliphatic carbocycles. The van der Waals surface area contributed by atoms with E-state index >= 15 is 0 Å². The number of nitrogens with one attached hydrogen (secondary N) is 1. The third-order valence-electron chi connectivity index (χ3n) is 4.04. The van der Waals surface area contributed by atoms with Crippen LogP contribution in [-0.4, -0.2) is 31.2 Å². The second kappa shape index (κ2) is 7.11. The predicted octanol–water partition coefficient (Wildman–Crippen LogP) is 3.27. The Morgan fingerprint density at radius 2 is 1.76 bits per heavy atom. The Labute approximate surface area is 150 Å². The van der Waals surface area contributed by atoms with Crippen molar-refractivity contribution in [3.63, 3.8) is 0 Å². The lowest BCUT2D eigenvalue weighted by molar-refractivity contribution is -0.119. The van der Waals surface area contributed by atoms with E-state index in [1.807, 2.05) is 0 Å². The summed E-state index contributed by atoms with van der Waals surface area (Å²) in [5, 5.41) is 3.25. The molecule has 8 heteroatoms. The van der Waals surface area contributed by atoms with Gasteiger partial charge in [0.1, 0.15) is 11.9 Å². The Balaban J connectivity index is 1.80. The molecule has 0 saturated carbocycles. The third-order valence-corrected chi connectivity index (χ3v) is 6.21. The SMILES string of the molecule is O=C(Nc1ccc(Cl)cc1)[C@H]1CCCN1S(=O)(=O)c1ccc(F)cc1. The summed E-state index contributed by atoms with van der Waals surface area (Å²) in [5.74, 6) is -0.914. The van der Waals surface area contributed by atoms with Crippen LogP contribution >= 0.6 is 11.6 Å². The largest absolute Gasteiger partial charge is 0.325 e. The zero-order valence-corrected chi connectivity index (χ0v) is 14.7. The number of sulfonamides is 1. The standard InChI is InChI=1S/C17H16ClFN2O3S/c18-12-3-7-14(8-4-12)20-17(22)16-2-1-11-21(16)25(23,24)15-9-5-13(19)6-10-15/h3-10,16H,1-2,11H2,(H,20,22)/t16-/m1/s1. The number of benzene rings is 2. The highest BCUT2D eigenvalue weighted by molar-refractivity contribution is 7.89. The minimum absolute atomic E-state index is 0.0277. The molecule has 2 aromatic carbocycles. The van der Waals surface area contributed by atoms with E-state index in [2.05, 4.69) is 5.32 Å². The molecule has 1 amide bonds. The van der Waals surface area contributed by atoms with Gasteiger partial charge in [-0.15, -0.1) is 0 Å². The fourth-order valence-electron chi connectivity index (χ4n) is 2.79. The Hall–Kier alpha value is -1.96. The van der Waals surface area contributed by atoms with Gasteiger partial charge in [-0.25, -0.2) is 12.8 Å². The van der Waals surface area contributed by atoms with Gasteiger partial charge in [-0.1, -0.05) is 11.6 Å². The van der Waals surface area contributed by atoms with E-state index < -0.39 is 27.8 Å². The summed E-state index contributed by atoms with van der Waals surface area (Å²) in [5.41, 5.74) is 0.542. The van der Waals surface area contributed by atoms with E-state index in [0.717, 1.165) is 12.1 Å². The van der Waals surface area contributed by atoms with Crippen molar-refractivity contribution in [1.82, 2.24) is 4.31 Å². The zero-order valence-electron chi connectivity index (χ0n) is 13.2. The number of carbonyl (C=O) groups excluding carboxylic acids is 1. The van der Waals surface area contributed by atoms with E-state index in [1.165, 1.54) is 16.4 Å². The molecule has 25 heavy (non-hydrogen) atoms. The van der Waals surface area contributed by atoms with Gasteiger partial charge in [0, 0.05) is 17.3 Å². The van der Waals surface area contributed by atoms with E-state index in [0.29, 0.717) is 23.6 Å². The summed E-state index contributed by atoms with van der Waals surface area (Å²) < 4.78 is 39.7. The van der Waals surface area contributed by atoms with Gasteiger partial charge >= 0.3 is 0 Å². The average molecular weight is 383 g/mol. The van der Waals surface area contributed by atoms with Crippen LogP contribution in [0.15, 0.2) is 53.4 Å². The first-order chi connectivity index (χ1) is 11.9. The third kappa shape index (κ3) is 3.84. The van der Waals surface area contributed by atoms with E-state index in [4.69, 9.17) is 11.6 Å². The summed E-state index contributed by atoms with van der Waals surface area (Å²) in [6.07, 6.45) is 1.01. The minimum Gasteiger partial charge on any atom is -0.325 e. The minimum atomic E-state index is -3.86. The Morgan fingerprint density at radius 3 is 2.40 bits per heavy atom. The maximum atomic E-state index is 13.0. The average Bonchev–Trinajstić information content (AvgIpc) is 3.08. The predicted molar refractivity (Wildman–Crippen MR) is 93.4 cm³/mol. The van der Waals surface area contributed by atoms with Crippen LogP contribution in [0.25, 0.3) is 0 Å². The van der Waals surface area contributed by atoms with Gasteiger partial charge in [0.25, 0.3) is 0 Å². The molecule has 3 rings (SSSR count). The molecule has 0 radical (unpaired) electrons. The number of anilines is 1. The number of nitrogens with zero attached hydrogens (tertiary/aromatic N) is 1. The van der Waals surface area contributed by atoms with E-state index in [1.54, 1.807) is 24.3 Å². The van der Waals surface area contributed by atoms with Crippen LogP contribution < -0.4 is 5.32 Å². The molecule has 0 aromatic heterocycles. The monoisotopic (exact) mass is 382 g/mol. The van der Waals surface area contributed by atoms with Gasteiger partial charge in [-0.2, -0.15) is 4.31 Å². The summed E-state index contributed by atoms with van der Waals surface area (Å²) in [4.78, 5) is 12.5. The maximum absolute atomic E-state index is 13.0. The molecule has 0 spiro atoms. The lowest BCUT2D eigenvalue weighted by atomic mass is 10.2. The van der Waals surface area contributed by atoms with Crippen molar-refractivity contribution in [2.45, 2.75) is 23.8 Å². The van der Waals surface area contributed by atoms with E-state index in [-0.39, 0.29) is 11.4 Å². The maximum Gasteiger partial charge on any atom is 0.243 e. The Kier molecular flexibility index (Phi) is 5.08. The summed E-state index contributed by atoms with van der Waals surface area (Å²) in [6.45, 7) is 0.248. The van der Waals surface area contributed by atoms with Gasteiger partial charge < -0.3 is 5.32 Å². The Morgan fingerprint density at radius 1 is 1.12 bits per heavy atom. The van der Waals surface area contributed by atoms with Crippen molar-refractivity contribution in [2.24, 2.45) is 0 Å². The number of rotatable bonds is 4. The first kappa shape index (κ1) is 17.8. The number of hydrogen-bond donors (Lipinski definition) is 1. The van der Waals surface area contributed by atoms with Crippen LogP contribution in [0, 0.1) is 5.82 Å². The fraction of sp³-hybridized carbons (Fsp3) is 0.235. The fourth-order valence-corrected chi connectivity index (χ4v) is 4.57. The number of halogens is 2. The van der Waals surface area contributed by atoms with Crippen molar-refractivity contribution in [3.05, 3.63) is 59.4 Å². The molecule has 5 nitrogen and oxygen atoms in total. The second-order valence-corrected chi connectivity index (χ2v) is 8.05. The highest BCUT2D eigenvalue weighted by Gasteiger charge is 2.39. The van der Waals surface area contributed by atoms with Gasteiger partial charge in [0.15, 0.2) is 0 Å². The first-order valence-corrected chi connectivity index (χ1v) is 9.53. The van der Waals surface area contributed by atoms with Crippen LogP contribution in [0.1, 0.15) is 12.8 Å². The van der Waals surface area contributed by atoms with Crippen LogP contribution in [-0.2, 0) is 14.8 Å². The second-order valence-electron chi connectivity index (χ2n) is 5.72. The van der Waals surface area contributed by atoms with Crippen LogP contribution in [0.2, 0.25) is 5.02 Å². The number of hydrogen-bond acceptors (Lipinski definition) is 3. The van der Waals surface area contributed by atoms with Gasteiger partial charge in [0.05, 0.1) is 4.90 Å². The van der Waals surface area contributed by atoms with Crippen molar-refractivity contribution in [1.29, 1.82) is 0 Å². The molecular weight excluding hydrogens is 367 g/mol. The summed E-state index contributed by atoms with van der Waals surface area (Å²) in [7, 11) is -3.86. The first-order valence-electron chi connectivity index (χ1n) is 7.72. The number of amides is 1. The van der Waals surface area contributed by atoms with Gasteiger partial charge in [0.2, 0.25) is 15.9 Å². The topological polar surface area (TPSA) is 66.5 Å². The van der Waals surface area contributed by atoms with Crippen LogP contribution in [0.5, 0.6) is 0 Å². The molecule has 1 fully saturated rings. The lowest BCUT2D eigenvalue weighted by Crippen LogP contribution is -2.43. The number of carbonyl (C=O) groups is 1.